The molecule has 40 heavy (non-hydrogen) atoms. The number of halogens is 5. The first-order valence-electron chi connectivity index (χ1n) is 11.6. The van der Waals surface area contributed by atoms with Gasteiger partial charge in [0.05, 0.1) is 22.7 Å². The summed E-state index contributed by atoms with van der Waals surface area (Å²) in [5.41, 5.74) is 5.29. The van der Waals surface area contributed by atoms with Gasteiger partial charge in [-0.2, -0.15) is 19.0 Å². The molecule has 4 aromatic heterocycles. The smallest absolute Gasteiger partial charge is 0.333 e. The molecule has 1 atom stereocenters. The van der Waals surface area contributed by atoms with Gasteiger partial charge in [-0.05, 0) is 31.2 Å². The molecule has 6 rings (SSSR count). The standard InChI is InChI=1S/C25H16F5N9O/c1-11(39-23-18(21(31)32-10-33-23)19(36-39)12-8-34-37(9-12)25(29)30)22-35-20-16(6-14(27)7-17(20)28)24(40)38(22)15-4-2-3-13(26)5-15/h2-11,25H,1H3,(H2,31,32,33). The number of fused-ring (bicyclic) bond motifs is 2. The predicted molar refractivity (Wildman–Crippen MR) is 133 cm³/mol. The highest BCUT2D eigenvalue weighted by Gasteiger charge is 2.27. The molecule has 0 aliphatic rings. The molecule has 2 N–H and O–H groups in total. The number of nitrogens with zero attached hydrogens (tertiary/aromatic N) is 8. The molecule has 0 bridgehead atoms. The highest BCUT2D eigenvalue weighted by Crippen LogP contribution is 2.33. The molecule has 10 nitrogen and oxygen atoms in total. The van der Waals surface area contributed by atoms with E-state index in [9.17, 15) is 26.7 Å². The summed E-state index contributed by atoms with van der Waals surface area (Å²) >= 11 is 0. The van der Waals surface area contributed by atoms with Crippen molar-refractivity contribution in [2.75, 3.05) is 5.73 Å². The van der Waals surface area contributed by atoms with Crippen LogP contribution in [0.15, 0.2) is 59.9 Å². The molecular formula is C25H16F5N9O. The molecule has 4 heterocycles. The molecule has 0 radical (unpaired) electrons. The van der Waals surface area contributed by atoms with Crippen molar-refractivity contribution in [2.24, 2.45) is 0 Å². The normalized spacial score (nSPS) is 12.6. The number of rotatable bonds is 5. The number of nitrogen functional groups attached to an aromatic ring is 1. The molecule has 15 heteroatoms. The lowest BCUT2D eigenvalue weighted by molar-refractivity contribution is 0.0566. The Morgan fingerprint density at radius 2 is 1.82 bits per heavy atom. The molecule has 0 fully saturated rings. The van der Waals surface area contributed by atoms with E-state index >= 15 is 0 Å². The van der Waals surface area contributed by atoms with E-state index in [4.69, 9.17) is 5.73 Å². The highest BCUT2D eigenvalue weighted by atomic mass is 19.3. The zero-order valence-electron chi connectivity index (χ0n) is 20.3. The van der Waals surface area contributed by atoms with Gasteiger partial charge in [0, 0.05) is 17.8 Å². The first-order valence-corrected chi connectivity index (χ1v) is 11.6. The Hall–Kier alpha value is -5.21. The molecule has 0 saturated carbocycles. The van der Waals surface area contributed by atoms with Crippen LogP contribution in [0.5, 0.6) is 0 Å². The fourth-order valence-electron chi connectivity index (χ4n) is 4.52. The minimum Gasteiger partial charge on any atom is -0.383 e. The van der Waals surface area contributed by atoms with Crippen LogP contribution in [0.2, 0.25) is 0 Å². The number of hydrogen-bond donors (Lipinski definition) is 1. The van der Waals surface area contributed by atoms with Gasteiger partial charge in [-0.3, -0.25) is 9.36 Å². The van der Waals surface area contributed by atoms with E-state index < -0.39 is 41.1 Å². The van der Waals surface area contributed by atoms with E-state index in [1.165, 1.54) is 16.8 Å². The molecule has 0 saturated heterocycles. The molecular weight excluding hydrogens is 537 g/mol. The number of hydrogen-bond acceptors (Lipinski definition) is 7. The summed E-state index contributed by atoms with van der Waals surface area (Å²) in [5.74, 6) is -2.86. The van der Waals surface area contributed by atoms with Gasteiger partial charge < -0.3 is 5.73 Å². The number of alkyl halides is 2. The lowest BCUT2D eigenvalue weighted by Crippen LogP contribution is -2.28. The van der Waals surface area contributed by atoms with Gasteiger partial charge in [-0.1, -0.05) is 6.07 Å². The number of nitrogens with two attached hydrogens (primary N) is 1. The summed E-state index contributed by atoms with van der Waals surface area (Å²) in [6, 6.07) is 5.43. The maximum Gasteiger partial charge on any atom is 0.333 e. The summed E-state index contributed by atoms with van der Waals surface area (Å²) in [5, 5.41) is 8.00. The SMILES string of the molecule is CC(c1nc2c(F)cc(F)cc2c(=O)n1-c1cccc(F)c1)n1nc(-c2cnn(C(F)F)c2)c2c(N)ncnc21. The highest BCUT2D eigenvalue weighted by molar-refractivity contribution is 5.98. The molecule has 2 aromatic carbocycles. The van der Waals surface area contributed by atoms with Crippen LogP contribution in [0, 0.1) is 17.5 Å². The molecule has 202 valence electrons. The second-order valence-corrected chi connectivity index (χ2v) is 8.79. The van der Waals surface area contributed by atoms with Crippen molar-refractivity contribution in [1.29, 1.82) is 0 Å². The van der Waals surface area contributed by atoms with Crippen molar-refractivity contribution in [3.63, 3.8) is 0 Å². The minimum absolute atomic E-state index is 0.0150. The lowest BCUT2D eigenvalue weighted by atomic mass is 10.2. The van der Waals surface area contributed by atoms with Crippen molar-refractivity contribution in [2.45, 2.75) is 19.5 Å². The number of aromatic nitrogens is 8. The second kappa shape index (κ2) is 9.21. The average Bonchev–Trinajstić information content (AvgIpc) is 3.55. The average molecular weight is 553 g/mol. The molecule has 1 unspecified atom stereocenters. The van der Waals surface area contributed by atoms with Crippen molar-refractivity contribution < 1.29 is 22.0 Å². The molecule has 6 aromatic rings. The molecule has 0 aliphatic heterocycles. The zero-order valence-corrected chi connectivity index (χ0v) is 20.3. The Bertz CT molecular complexity index is 2000. The van der Waals surface area contributed by atoms with Crippen molar-refractivity contribution in [3.05, 3.63) is 88.7 Å². The third kappa shape index (κ3) is 3.93. The second-order valence-electron chi connectivity index (χ2n) is 8.79. The monoisotopic (exact) mass is 553 g/mol. The fraction of sp³-hybridized carbons (Fsp3) is 0.120. The van der Waals surface area contributed by atoms with E-state index in [-0.39, 0.29) is 45.0 Å². The summed E-state index contributed by atoms with van der Waals surface area (Å²) < 4.78 is 72.3. The van der Waals surface area contributed by atoms with E-state index in [1.807, 2.05) is 0 Å². The van der Waals surface area contributed by atoms with Gasteiger partial charge in [0.2, 0.25) is 0 Å². The first-order chi connectivity index (χ1) is 19.1. The van der Waals surface area contributed by atoms with E-state index in [2.05, 4.69) is 25.1 Å². The quantitative estimate of drug-likeness (QED) is 0.314. The Balaban J connectivity index is 1.65. The zero-order chi connectivity index (χ0) is 28.3. The molecule has 0 spiro atoms. The van der Waals surface area contributed by atoms with Crippen LogP contribution in [0.4, 0.5) is 27.8 Å². The fourth-order valence-corrected chi connectivity index (χ4v) is 4.52. The van der Waals surface area contributed by atoms with Crippen LogP contribution >= 0.6 is 0 Å². The van der Waals surface area contributed by atoms with Gasteiger partial charge in [0.25, 0.3) is 5.56 Å². The van der Waals surface area contributed by atoms with Crippen molar-refractivity contribution in [1.82, 2.24) is 39.1 Å². The Labute approximate surface area is 220 Å². The Morgan fingerprint density at radius 1 is 1.02 bits per heavy atom. The van der Waals surface area contributed by atoms with Gasteiger partial charge in [-0.25, -0.2) is 37.5 Å². The van der Waals surface area contributed by atoms with Gasteiger partial charge in [-0.15, -0.1) is 0 Å². The van der Waals surface area contributed by atoms with Crippen LogP contribution in [-0.2, 0) is 0 Å². The lowest BCUT2D eigenvalue weighted by Gasteiger charge is -2.19. The summed E-state index contributed by atoms with van der Waals surface area (Å²) in [6.07, 6.45) is 3.38. The molecule has 0 amide bonds. The largest absolute Gasteiger partial charge is 0.383 e. The van der Waals surface area contributed by atoms with Crippen LogP contribution in [-0.4, -0.2) is 39.1 Å². The van der Waals surface area contributed by atoms with Crippen LogP contribution in [0.3, 0.4) is 0 Å². The maximum absolute atomic E-state index is 14.8. The van der Waals surface area contributed by atoms with Crippen molar-refractivity contribution in [3.8, 4) is 16.9 Å². The van der Waals surface area contributed by atoms with E-state index in [0.29, 0.717) is 10.7 Å². The topological polar surface area (TPSA) is 122 Å². The van der Waals surface area contributed by atoms with Gasteiger partial charge in [0.1, 0.15) is 46.9 Å². The van der Waals surface area contributed by atoms with E-state index in [0.717, 1.165) is 41.5 Å². The molecule has 0 aliphatic carbocycles. The van der Waals surface area contributed by atoms with Gasteiger partial charge >= 0.3 is 6.55 Å². The summed E-state index contributed by atoms with van der Waals surface area (Å²) in [4.78, 5) is 26.2. The van der Waals surface area contributed by atoms with E-state index in [1.54, 1.807) is 6.92 Å². The Morgan fingerprint density at radius 3 is 2.55 bits per heavy atom. The summed E-state index contributed by atoms with van der Waals surface area (Å²) in [6.45, 7) is -1.35. The van der Waals surface area contributed by atoms with Gasteiger partial charge in [0.15, 0.2) is 11.5 Å². The number of anilines is 1. The van der Waals surface area contributed by atoms with Crippen LogP contribution < -0.4 is 11.3 Å². The predicted octanol–water partition coefficient (Wildman–Crippen LogP) is 4.39. The maximum atomic E-state index is 14.8. The third-order valence-corrected chi connectivity index (χ3v) is 6.32. The Kier molecular flexibility index (Phi) is 5.78. The minimum atomic E-state index is -2.91. The first kappa shape index (κ1) is 25.1. The number of benzene rings is 2. The van der Waals surface area contributed by atoms with Crippen LogP contribution in [0.1, 0.15) is 25.3 Å². The third-order valence-electron chi connectivity index (χ3n) is 6.32. The van der Waals surface area contributed by atoms with Crippen LogP contribution in [0.25, 0.3) is 38.9 Å². The summed E-state index contributed by atoms with van der Waals surface area (Å²) in [7, 11) is 0. The van der Waals surface area contributed by atoms with Crippen molar-refractivity contribution >= 4 is 27.8 Å².